The molecule has 1 aliphatic heterocycles. The van der Waals surface area contributed by atoms with E-state index in [1.165, 1.54) is 0 Å². The van der Waals surface area contributed by atoms with Crippen molar-refractivity contribution in [1.29, 1.82) is 0 Å². The molecule has 0 saturated carbocycles. The minimum atomic E-state index is -3.43. The summed E-state index contributed by atoms with van der Waals surface area (Å²) in [7, 11) is -3.43. The number of hydrogen-bond donors (Lipinski definition) is 0. The summed E-state index contributed by atoms with van der Waals surface area (Å²) in [6.07, 6.45) is 0. The summed E-state index contributed by atoms with van der Waals surface area (Å²) in [5.74, 6) is 1.21. The first-order valence-corrected chi connectivity index (χ1v) is 10.0. The second kappa shape index (κ2) is 7.27. The normalized spacial score (nSPS) is 17.3. The lowest BCUT2D eigenvalue weighted by Crippen LogP contribution is -2.48. The second-order valence-corrected chi connectivity index (χ2v) is 8.78. The van der Waals surface area contributed by atoms with Crippen LogP contribution in [0.25, 0.3) is 0 Å². The van der Waals surface area contributed by atoms with Gasteiger partial charge < -0.3 is 4.52 Å². The largest absolute Gasteiger partial charge is 0.360 e. The average Bonchev–Trinajstić information content (AvgIpc) is 3.00. The maximum absolute atomic E-state index is 12.8. The van der Waals surface area contributed by atoms with Crippen molar-refractivity contribution in [3.63, 3.8) is 0 Å². The summed E-state index contributed by atoms with van der Waals surface area (Å²) in [6.45, 7) is 9.09. The van der Waals surface area contributed by atoms with Gasteiger partial charge in [0.1, 0.15) is 0 Å². The van der Waals surface area contributed by atoms with Gasteiger partial charge in [-0.2, -0.15) is 4.31 Å². The third kappa shape index (κ3) is 4.11. The van der Waals surface area contributed by atoms with Crippen LogP contribution in [-0.4, -0.2) is 49.0 Å². The van der Waals surface area contributed by atoms with Gasteiger partial charge in [0.2, 0.25) is 10.0 Å². The summed E-state index contributed by atoms with van der Waals surface area (Å²) < 4.78 is 32.4. The molecule has 3 rings (SSSR count). The smallest absolute Gasteiger partial charge is 0.243 e. The van der Waals surface area contributed by atoms with Crippen LogP contribution in [0.4, 0.5) is 0 Å². The predicted molar refractivity (Wildman–Crippen MR) is 95.8 cm³/mol. The lowest BCUT2D eigenvalue weighted by molar-refractivity contribution is 0.166. The van der Waals surface area contributed by atoms with E-state index >= 15 is 0 Å². The highest BCUT2D eigenvalue weighted by Crippen LogP contribution is 2.21. The Hall–Kier alpha value is -1.70. The second-order valence-electron chi connectivity index (χ2n) is 6.84. The lowest BCUT2D eigenvalue weighted by atomic mass is 10.0. The van der Waals surface area contributed by atoms with E-state index < -0.39 is 10.0 Å². The summed E-state index contributed by atoms with van der Waals surface area (Å²) >= 11 is 0. The van der Waals surface area contributed by atoms with Crippen LogP contribution < -0.4 is 0 Å². The van der Waals surface area contributed by atoms with E-state index in [2.05, 4.69) is 23.9 Å². The van der Waals surface area contributed by atoms with E-state index in [4.69, 9.17) is 4.52 Å². The van der Waals surface area contributed by atoms with Gasteiger partial charge >= 0.3 is 0 Å². The fourth-order valence-electron chi connectivity index (χ4n) is 3.01. The topological polar surface area (TPSA) is 66.7 Å². The van der Waals surface area contributed by atoms with Crippen molar-refractivity contribution in [1.82, 2.24) is 14.4 Å². The van der Waals surface area contributed by atoms with Crippen LogP contribution in [0.2, 0.25) is 0 Å². The third-order valence-corrected chi connectivity index (χ3v) is 6.48. The summed E-state index contributed by atoms with van der Waals surface area (Å²) in [5, 5.41) is 3.89. The number of hydrogen-bond acceptors (Lipinski definition) is 5. The van der Waals surface area contributed by atoms with E-state index in [-0.39, 0.29) is 0 Å². The molecule has 0 N–H and O–H groups in total. The zero-order chi connectivity index (χ0) is 18.0. The number of nitrogens with zero attached hydrogens (tertiary/aromatic N) is 3. The summed E-state index contributed by atoms with van der Waals surface area (Å²) in [5.41, 5.74) is 2.01. The van der Waals surface area contributed by atoms with E-state index in [1.54, 1.807) is 16.4 Å². The molecule has 0 radical (unpaired) electrons. The zero-order valence-corrected chi connectivity index (χ0v) is 15.8. The van der Waals surface area contributed by atoms with Gasteiger partial charge in [-0.3, -0.25) is 4.90 Å². The Kier molecular flexibility index (Phi) is 5.27. The zero-order valence-electron chi connectivity index (χ0n) is 15.0. The molecule has 2 aromatic rings. The number of rotatable bonds is 5. The number of aryl methyl sites for hydroxylation is 1. The van der Waals surface area contributed by atoms with Crippen LogP contribution in [0.15, 0.2) is 39.8 Å². The van der Waals surface area contributed by atoms with E-state index in [9.17, 15) is 8.42 Å². The van der Waals surface area contributed by atoms with Gasteiger partial charge in [0, 0.05) is 32.2 Å². The van der Waals surface area contributed by atoms with Crippen molar-refractivity contribution in [2.24, 2.45) is 0 Å². The Morgan fingerprint density at radius 2 is 1.76 bits per heavy atom. The number of sulfonamides is 1. The number of piperazine rings is 1. The summed E-state index contributed by atoms with van der Waals surface area (Å²) in [4.78, 5) is 2.56. The van der Waals surface area contributed by atoms with Gasteiger partial charge in [-0.1, -0.05) is 31.1 Å². The Morgan fingerprint density at radius 3 is 2.28 bits per heavy atom. The standard InChI is InChI=1S/C18H25N3O3S/c1-14(2)16-4-6-18(7-5-16)25(22,23)21-10-8-20(9-11-21)13-17-12-15(3)19-24-17/h4-7,12,14H,8-11,13H2,1-3H3. The molecule has 1 aromatic carbocycles. The minimum absolute atomic E-state index is 0.371. The Balaban J connectivity index is 1.62. The highest BCUT2D eigenvalue weighted by atomic mass is 32.2. The SMILES string of the molecule is Cc1cc(CN2CCN(S(=O)(=O)c3ccc(C(C)C)cc3)CC2)on1. The Morgan fingerprint density at radius 1 is 1.12 bits per heavy atom. The van der Waals surface area contributed by atoms with Crippen LogP contribution in [0.1, 0.15) is 36.8 Å². The highest BCUT2D eigenvalue weighted by Gasteiger charge is 2.28. The predicted octanol–water partition coefficient (Wildman–Crippen LogP) is 2.61. The van der Waals surface area contributed by atoms with Crippen molar-refractivity contribution in [3.8, 4) is 0 Å². The van der Waals surface area contributed by atoms with Crippen LogP contribution in [0, 0.1) is 6.92 Å². The van der Waals surface area contributed by atoms with Gasteiger partial charge in [-0.25, -0.2) is 8.42 Å². The molecule has 0 unspecified atom stereocenters. The maximum Gasteiger partial charge on any atom is 0.243 e. The van der Waals surface area contributed by atoms with Crippen molar-refractivity contribution in [2.45, 2.75) is 38.1 Å². The fraction of sp³-hybridized carbons (Fsp3) is 0.500. The molecule has 6 nitrogen and oxygen atoms in total. The molecule has 0 atom stereocenters. The minimum Gasteiger partial charge on any atom is -0.360 e. The first-order valence-electron chi connectivity index (χ1n) is 8.61. The molecule has 0 aliphatic carbocycles. The molecule has 1 saturated heterocycles. The van der Waals surface area contributed by atoms with E-state index in [0.29, 0.717) is 43.5 Å². The van der Waals surface area contributed by atoms with E-state index in [1.807, 2.05) is 25.1 Å². The van der Waals surface area contributed by atoms with Gasteiger partial charge in [0.05, 0.1) is 17.1 Å². The molecule has 1 aliphatic rings. The van der Waals surface area contributed by atoms with Crippen molar-refractivity contribution >= 4 is 10.0 Å². The van der Waals surface area contributed by atoms with Crippen molar-refractivity contribution < 1.29 is 12.9 Å². The van der Waals surface area contributed by atoms with E-state index in [0.717, 1.165) is 17.0 Å². The molecule has 2 heterocycles. The van der Waals surface area contributed by atoms with Crippen LogP contribution in [0.5, 0.6) is 0 Å². The molecule has 25 heavy (non-hydrogen) atoms. The molecule has 7 heteroatoms. The molecular formula is C18H25N3O3S. The first kappa shape index (κ1) is 18.1. The monoisotopic (exact) mass is 363 g/mol. The number of benzene rings is 1. The molecule has 0 amide bonds. The quantitative estimate of drug-likeness (QED) is 0.817. The van der Waals surface area contributed by atoms with Gasteiger partial charge in [-0.05, 0) is 30.5 Å². The van der Waals surface area contributed by atoms with Gasteiger partial charge in [-0.15, -0.1) is 0 Å². The molecule has 0 spiro atoms. The summed E-state index contributed by atoms with van der Waals surface area (Å²) in [6, 6.07) is 9.15. The molecular weight excluding hydrogens is 338 g/mol. The molecule has 1 fully saturated rings. The molecule has 136 valence electrons. The van der Waals surface area contributed by atoms with Gasteiger partial charge in [0.25, 0.3) is 0 Å². The first-order chi connectivity index (χ1) is 11.9. The Bertz CT molecular complexity index is 804. The highest BCUT2D eigenvalue weighted by molar-refractivity contribution is 7.89. The van der Waals surface area contributed by atoms with Crippen LogP contribution in [-0.2, 0) is 16.6 Å². The van der Waals surface area contributed by atoms with Crippen LogP contribution >= 0.6 is 0 Å². The fourth-order valence-corrected chi connectivity index (χ4v) is 4.44. The van der Waals surface area contributed by atoms with Crippen molar-refractivity contribution in [3.05, 3.63) is 47.3 Å². The van der Waals surface area contributed by atoms with Gasteiger partial charge in [0.15, 0.2) is 5.76 Å². The maximum atomic E-state index is 12.8. The Labute approximate surface area is 149 Å². The number of aromatic nitrogens is 1. The third-order valence-electron chi connectivity index (χ3n) is 4.57. The molecule has 1 aromatic heterocycles. The average molecular weight is 363 g/mol. The molecule has 0 bridgehead atoms. The van der Waals surface area contributed by atoms with Crippen molar-refractivity contribution in [2.75, 3.05) is 26.2 Å². The van der Waals surface area contributed by atoms with Crippen LogP contribution in [0.3, 0.4) is 0 Å². The lowest BCUT2D eigenvalue weighted by Gasteiger charge is -2.33.